The zero-order valence-corrected chi connectivity index (χ0v) is 10.5. The number of fused-ring (bicyclic) bond motifs is 5. The van der Waals surface area contributed by atoms with Crippen LogP contribution in [0, 0.1) is 23.7 Å². The first-order valence-corrected chi connectivity index (χ1v) is 6.72. The molecule has 3 fully saturated rings. The van der Waals surface area contributed by atoms with Crippen LogP contribution in [0.3, 0.4) is 0 Å². The molecule has 0 aromatic rings. The van der Waals surface area contributed by atoms with E-state index in [1.165, 1.54) is 4.90 Å². The van der Waals surface area contributed by atoms with Gasteiger partial charge in [0.1, 0.15) is 6.04 Å². The summed E-state index contributed by atoms with van der Waals surface area (Å²) in [6.07, 6.45) is 3.51. The summed E-state index contributed by atoms with van der Waals surface area (Å²) in [5.74, 6) is -0.495. The van der Waals surface area contributed by atoms with E-state index in [0.717, 1.165) is 19.3 Å². The fourth-order valence-corrected chi connectivity index (χ4v) is 4.25. The van der Waals surface area contributed by atoms with Gasteiger partial charge in [-0.15, -0.1) is 0 Å². The minimum atomic E-state index is -0.755. The van der Waals surface area contributed by atoms with Crippen LogP contribution in [0.2, 0.25) is 0 Å². The molecule has 1 heterocycles. The Hall–Kier alpha value is -1.39. The monoisotopic (exact) mass is 250 g/mol. The van der Waals surface area contributed by atoms with E-state index < -0.39 is 11.9 Å². The zero-order valence-electron chi connectivity index (χ0n) is 10.5. The molecule has 98 valence electrons. The number of primary amides is 1. The molecule has 18 heavy (non-hydrogen) atoms. The number of nitrogens with zero attached hydrogens (tertiary/aromatic N) is 1. The first-order valence-electron chi connectivity index (χ1n) is 6.72. The fourth-order valence-electron chi connectivity index (χ4n) is 4.25. The Labute approximate surface area is 106 Å². The molecule has 1 aliphatic heterocycles. The molecule has 0 unspecified atom stereocenters. The second-order valence-corrected chi connectivity index (χ2v) is 5.76. The van der Waals surface area contributed by atoms with Gasteiger partial charge in [-0.1, -0.05) is 6.92 Å². The maximum Gasteiger partial charge on any atom is 0.240 e. The summed E-state index contributed by atoms with van der Waals surface area (Å²) in [5, 5.41) is 0. The molecule has 3 amide bonds. The van der Waals surface area contributed by atoms with E-state index in [-0.39, 0.29) is 23.7 Å². The first kappa shape index (κ1) is 11.7. The topological polar surface area (TPSA) is 80.5 Å². The minimum Gasteiger partial charge on any atom is -0.368 e. The van der Waals surface area contributed by atoms with Crippen LogP contribution in [0.4, 0.5) is 0 Å². The van der Waals surface area contributed by atoms with Gasteiger partial charge in [0.25, 0.3) is 0 Å². The molecule has 2 aliphatic carbocycles. The first-order chi connectivity index (χ1) is 8.56. The van der Waals surface area contributed by atoms with Crippen molar-refractivity contribution in [3.8, 4) is 0 Å². The van der Waals surface area contributed by atoms with E-state index in [1.807, 2.05) is 0 Å². The van der Waals surface area contributed by atoms with E-state index in [9.17, 15) is 14.4 Å². The molecule has 2 bridgehead atoms. The van der Waals surface area contributed by atoms with Crippen molar-refractivity contribution >= 4 is 17.7 Å². The van der Waals surface area contributed by atoms with Gasteiger partial charge in [-0.05, 0) is 37.5 Å². The molecule has 5 heteroatoms. The SMILES string of the molecule is CC[C@H](C(N)=O)N1C(=O)[C@H]2[C@@H]3CC[C@@H](C3)[C@@H]2C1=O. The van der Waals surface area contributed by atoms with Crippen LogP contribution >= 0.6 is 0 Å². The minimum absolute atomic E-state index is 0.150. The van der Waals surface area contributed by atoms with Gasteiger partial charge in [0, 0.05) is 0 Å². The summed E-state index contributed by atoms with van der Waals surface area (Å²) >= 11 is 0. The van der Waals surface area contributed by atoms with E-state index >= 15 is 0 Å². The molecule has 5 atom stereocenters. The van der Waals surface area contributed by atoms with E-state index in [1.54, 1.807) is 6.92 Å². The highest BCUT2D eigenvalue weighted by atomic mass is 16.2. The van der Waals surface area contributed by atoms with Gasteiger partial charge in [0.15, 0.2) is 0 Å². The van der Waals surface area contributed by atoms with Crippen LogP contribution in [0.25, 0.3) is 0 Å². The molecule has 0 spiro atoms. The van der Waals surface area contributed by atoms with Crippen LogP contribution in [0.15, 0.2) is 0 Å². The van der Waals surface area contributed by atoms with Crippen molar-refractivity contribution in [1.29, 1.82) is 0 Å². The summed E-state index contributed by atoms with van der Waals surface area (Å²) < 4.78 is 0. The molecule has 3 aliphatic rings. The van der Waals surface area contributed by atoms with Crippen LogP contribution in [0.5, 0.6) is 0 Å². The predicted octanol–water partition coefficient (Wildman–Crippen LogP) is 0.281. The van der Waals surface area contributed by atoms with Crippen molar-refractivity contribution in [2.45, 2.75) is 38.6 Å². The van der Waals surface area contributed by atoms with Crippen LogP contribution in [-0.4, -0.2) is 28.7 Å². The Morgan fingerprint density at radius 1 is 1.28 bits per heavy atom. The molecule has 0 radical (unpaired) electrons. The Morgan fingerprint density at radius 3 is 2.17 bits per heavy atom. The van der Waals surface area contributed by atoms with E-state index in [2.05, 4.69) is 0 Å². The van der Waals surface area contributed by atoms with Crippen molar-refractivity contribution in [2.75, 3.05) is 0 Å². The van der Waals surface area contributed by atoms with E-state index in [4.69, 9.17) is 5.73 Å². The third kappa shape index (κ3) is 1.30. The molecule has 0 aromatic carbocycles. The molecule has 2 saturated carbocycles. The van der Waals surface area contributed by atoms with Crippen molar-refractivity contribution in [1.82, 2.24) is 4.90 Å². The molecule has 1 saturated heterocycles. The fraction of sp³-hybridized carbons (Fsp3) is 0.769. The Balaban J connectivity index is 1.93. The molecule has 2 N–H and O–H groups in total. The maximum atomic E-state index is 12.4. The number of hydrogen-bond acceptors (Lipinski definition) is 3. The number of carbonyl (C=O) groups is 3. The Morgan fingerprint density at radius 2 is 1.78 bits per heavy atom. The predicted molar refractivity (Wildman–Crippen MR) is 62.9 cm³/mol. The average Bonchev–Trinajstić information content (AvgIpc) is 2.98. The molecule has 5 nitrogen and oxygen atoms in total. The number of rotatable bonds is 3. The van der Waals surface area contributed by atoms with Crippen molar-refractivity contribution < 1.29 is 14.4 Å². The molecule has 3 rings (SSSR count). The lowest BCUT2D eigenvalue weighted by atomic mass is 9.81. The summed E-state index contributed by atoms with van der Waals surface area (Å²) in [6, 6.07) is -0.755. The van der Waals surface area contributed by atoms with Crippen LogP contribution < -0.4 is 5.73 Å². The lowest BCUT2D eigenvalue weighted by Gasteiger charge is -2.24. The van der Waals surface area contributed by atoms with Gasteiger partial charge in [-0.3, -0.25) is 19.3 Å². The van der Waals surface area contributed by atoms with Gasteiger partial charge in [-0.25, -0.2) is 0 Å². The summed E-state index contributed by atoms with van der Waals surface area (Å²) in [4.78, 5) is 37.3. The molecular formula is C13H18N2O3. The number of imide groups is 1. The second kappa shape index (κ2) is 3.80. The van der Waals surface area contributed by atoms with Crippen LogP contribution in [0.1, 0.15) is 32.6 Å². The molecule has 0 aromatic heterocycles. The highest BCUT2D eigenvalue weighted by Gasteiger charge is 2.62. The Bertz CT molecular complexity index is 406. The third-order valence-corrected chi connectivity index (χ3v) is 4.99. The van der Waals surface area contributed by atoms with Crippen molar-refractivity contribution in [3.05, 3.63) is 0 Å². The standard InChI is InChI=1S/C13H18N2O3/c1-2-8(11(14)16)15-12(17)9-6-3-4-7(5-6)10(9)13(15)18/h6-10H,2-5H2,1H3,(H2,14,16)/t6-,7+,8-,9+,10+/m1/s1. The number of nitrogens with two attached hydrogens (primary N) is 1. The second-order valence-electron chi connectivity index (χ2n) is 5.76. The lowest BCUT2D eigenvalue weighted by Crippen LogP contribution is -2.48. The summed E-state index contributed by atoms with van der Waals surface area (Å²) in [7, 11) is 0. The van der Waals surface area contributed by atoms with Gasteiger partial charge in [-0.2, -0.15) is 0 Å². The third-order valence-electron chi connectivity index (χ3n) is 4.99. The highest BCUT2D eigenvalue weighted by molar-refractivity contribution is 6.08. The average molecular weight is 250 g/mol. The summed E-state index contributed by atoms with van der Waals surface area (Å²) in [5.41, 5.74) is 5.30. The van der Waals surface area contributed by atoms with Crippen molar-refractivity contribution in [3.63, 3.8) is 0 Å². The maximum absolute atomic E-state index is 12.4. The van der Waals surface area contributed by atoms with Gasteiger partial charge >= 0.3 is 0 Å². The number of carbonyl (C=O) groups excluding carboxylic acids is 3. The van der Waals surface area contributed by atoms with Crippen molar-refractivity contribution in [2.24, 2.45) is 29.4 Å². The lowest BCUT2D eigenvalue weighted by molar-refractivity contribution is -0.148. The zero-order chi connectivity index (χ0) is 13.0. The van der Waals surface area contributed by atoms with Gasteiger partial charge < -0.3 is 5.73 Å². The van der Waals surface area contributed by atoms with Crippen LogP contribution in [-0.2, 0) is 14.4 Å². The number of amides is 3. The Kier molecular flexibility index (Phi) is 2.47. The smallest absolute Gasteiger partial charge is 0.240 e. The number of likely N-dealkylation sites (tertiary alicyclic amines) is 1. The molecular weight excluding hydrogens is 232 g/mol. The quantitative estimate of drug-likeness (QED) is 0.731. The normalized spacial score (nSPS) is 39.3. The highest BCUT2D eigenvalue weighted by Crippen LogP contribution is 2.56. The largest absolute Gasteiger partial charge is 0.368 e. The van der Waals surface area contributed by atoms with E-state index in [0.29, 0.717) is 18.3 Å². The number of hydrogen-bond donors (Lipinski definition) is 1. The van der Waals surface area contributed by atoms with Gasteiger partial charge in [0.05, 0.1) is 11.8 Å². The summed E-state index contributed by atoms with van der Waals surface area (Å²) in [6.45, 7) is 1.78. The van der Waals surface area contributed by atoms with Gasteiger partial charge in [0.2, 0.25) is 17.7 Å².